The highest BCUT2D eigenvalue weighted by Crippen LogP contribution is 2.27. The SMILES string of the molecule is O=C(CCCCCOCc1ccccc1)NCCc1ccc(O)c2[nH]c(=O)sc12. The fraction of sp³-hybridized carbons (Fsp3) is 0.364. The lowest BCUT2D eigenvalue weighted by atomic mass is 10.1. The van der Waals surface area contributed by atoms with E-state index in [9.17, 15) is 14.7 Å². The molecule has 1 heterocycles. The third-order valence-corrected chi connectivity index (χ3v) is 5.62. The highest BCUT2D eigenvalue weighted by atomic mass is 32.1. The van der Waals surface area contributed by atoms with E-state index in [4.69, 9.17) is 4.74 Å². The molecule has 29 heavy (non-hydrogen) atoms. The maximum absolute atomic E-state index is 12.0. The van der Waals surface area contributed by atoms with Crippen molar-refractivity contribution in [3.63, 3.8) is 0 Å². The van der Waals surface area contributed by atoms with E-state index in [1.54, 1.807) is 12.1 Å². The highest BCUT2D eigenvalue weighted by Gasteiger charge is 2.10. The molecule has 0 saturated heterocycles. The number of rotatable bonds is 11. The molecule has 0 fully saturated rings. The minimum Gasteiger partial charge on any atom is -0.506 e. The molecule has 0 radical (unpaired) electrons. The van der Waals surface area contributed by atoms with Crippen molar-refractivity contribution < 1.29 is 14.6 Å². The number of thiazole rings is 1. The largest absolute Gasteiger partial charge is 0.506 e. The second kappa shape index (κ2) is 10.8. The van der Waals surface area contributed by atoms with Gasteiger partial charge in [0.1, 0.15) is 11.3 Å². The number of hydrogen-bond donors (Lipinski definition) is 3. The van der Waals surface area contributed by atoms with E-state index in [1.807, 2.05) is 30.3 Å². The fourth-order valence-corrected chi connectivity index (χ4v) is 4.02. The van der Waals surface area contributed by atoms with Gasteiger partial charge < -0.3 is 20.1 Å². The first kappa shape index (κ1) is 21.1. The van der Waals surface area contributed by atoms with Crippen molar-refractivity contribution in [3.8, 4) is 5.75 Å². The molecule has 0 atom stereocenters. The van der Waals surface area contributed by atoms with Gasteiger partial charge >= 0.3 is 4.87 Å². The van der Waals surface area contributed by atoms with Crippen molar-refractivity contribution in [2.45, 2.75) is 38.7 Å². The van der Waals surface area contributed by atoms with Crippen LogP contribution < -0.4 is 10.2 Å². The minimum atomic E-state index is -0.195. The zero-order chi connectivity index (χ0) is 20.5. The van der Waals surface area contributed by atoms with Crippen LogP contribution in [0.4, 0.5) is 0 Å². The first-order valence-corrected chi connectivity index (χ1v) is 10.7. The summed E-state index contributed by atoms with van der Waals surface area (Å²) in [7, 11) is 0. The third kappa shape index (κ3) is 6.44. The van der Waals surface area contributed by atoms with E-state index >= 15 is 0 Å². The molecular formula is C22H26N2O4S. The third-order valence-electron chi connectivity index (χ3n) is 4.66. The molecule has 2 aromatic carbocycles. The van der Waals surface area contributed by atoms with Crippen LogP contribution in [-0.2, 0) is 22.6 Å². The van der Waals surface area contributed by atoms with Gasteiger partial charge in [-0.3, -0.25) is 9.59 Å². The van der Waals surface area contributed by atoms with Crippen molar-refractivity contribution in [2.75, 3.05) is 13.2 Å². The number of unbranched alkanes of at least 4 members (excludes halogenated alkanes) is 2. The number of benzene rings is 2. The second-order valence-corrected chi connectivity index (χ2v) is 7.89. The number of carbonyl (C=O) groups excluding carboxylic acids is 1. The Kier molecular flexibility index (Phi) is 7.84. The molecule has 3 rings (SSSR count). The summed E-state index contributed by atoms with van der Waals surface area (Å²) in [6, 6.07) is 13.4. The lowest BCUT2D eigenvalue weighted by molar-refractivity contribution is -0.121. The van der Waals surface area contributed by atoms with Crippen LogP contribution in [0.5, 0.6) is 5.75 Å². The second-order valence-electron chi connectivity index (χ2n) is 6.91. The van der Waals surface area contributed by atoms with Gasteiger partial charge in [0.05, 0.1) is 11.3 Å². The van der Waals surface area contributed by atoms with Gasteiger partial charge in [-0.1, -0.05) is 54.2 Å². The Morgan fingerprint density at radius 2 is 1.93 bits per heavy atom. The Morgan fingerprint density at radius 1 is 1.10 bits per heavy atom. The number of aromatic hydroxyl groups is 1. The molecule has 154 valence electrons. The lowest BCUT2D eigenvalue weighted by Gasteiger charge is -2.07. The van der Waals surface area contributed by atoms with Crippen molar-refractivity contribution in [2.24, 2.45) is 0 Å². The monoisotopic (exact) mass is 414 g/mol. The topological polar surface area (TPSA) is 91.4 Å². The number of hydrogen-bond acceptors (Lipinski definition) is 5. The summed E-state index contributed by atoms with van der Waals surface area (Å²) in [5.74, 6) is 0.103. The summed E-state index contributed by atoms with van der Waals surface area (Å²) in [6.07, 6.45) is 3.85. The van der Waals surface area contributed by atoms with Crippen molar-refractivity contribution >= 4 is 27.5 Å². The van der Waals surface area contributed by atoms with Crippen LogP contribution in [0.3, 0.4) is 0 Å². The van der Waals surface area contributed by atoms with Crippen LogP contribution in [0, 0.1) is 0 Å². The average molecular weight is 415 g/mol. The normalized spacial score (nSPS) is 11.0. The molecule has 0 unspecified atom stereocenters. The number of nitrogens with one attached hydrogen (secondary N) is 2. The number of ether oxygens (including phenoxy) is 1. The molecule has 1 aromatic heterocycles. The van der Waals surface area contributed by atoms with Gasteiger partial charge in [-0.2, -0.15) is 0 Å². The molecule has 6 nitrogen and oxygen atoms in total. The van der Waals surface area contributed by atoms with Crippen molar-refractivity contribution in [3.05, 3.63) is 63.3 Å². The van der Waals surface area contributed by atoms with E-state index in [0.29, 0.717) is 38.1 Å². The summed E-state index contributed by atoms with van der Waals surface area (Å²) >= 11 is 1.08. The van der Waals surface area contributed by atoms with E-state index in [1.165, 1.54) is 5.56 Å². The number of amides is 1. The van der Waals surface area contributed by atoms with Gasteiger partial charge in [0.2, 0.25) is 5.91 Å². The molecular weight excluding hydrogens is 388 g/mol. The molecule has 3 N–H and O–H groups in total. The number of carbonyl (C=O) groups is 1. The van der Waals surface area contributed by atoms with E-state index in [-0.39, 0.29) is 16.5 Å². The fourth-order valence-electron chi connectivity index (χ4n) is 3.13. The Morgan fingerprint density at radius 3 is 2.76 bits per heavy atom. The van der Waals surface area contributed by atoms with Crippen LogP contribution >= 0.6 is 11.3 Å². The van der Waals surface area contributed by atoms with Crippen molar-refractivity contribution in [1.29, 1.82) is 0 Å². The van der Waals surface area contributed by atoms with Gasteiger partial charge in [-0.05, 0) is 36.5 Å². The Bertz CT molecular complexity index is 981. The zero-order valence-electron chi connectivity index (χ0n) is 16.3. The van der Waals surface area contributed by atoms with Crippen LogP contribution in [0.1, 0.15) is 36.8 Å². The summed E-state index contributed by atoms with van der Waals surface area (Å²) in [6.45, 7) is 1.83. The summed E-state index contributed by atoms with van der Waals surface area (Å²) in [4.78, 5) is 26.0. The summed E-state index contributed by atoms with van der Waals surface area (Å²) < 4.78 is 6.39. The number of fused-ring (bicyclic) bond motifs is 1. The first-order chi connectivity index (χ1) is 14.1. The summed E-state index contributed by atoms with van der Waals surface area (Å²) in [5.41, 5.74) is 2.58. The quantitative estimate of drug-likeness (QED) is 0.417. The van der Waals surface area contributed by atoms with Crippen LogP contribution in [0.25, 0.3) is 10.2 Å². The van der Waals surface area contributed by atoms with Gasteiger partial charge in [0, 0.05) is 19.6 Å². The Hall–Kier alpha value is -2.64. The predicted molar refractivity (Wildman–Crippen MR) is 115 cm³/mol. The standard InChI is InChI=1S/C22H26N2O4S/c25-18-11-10-17(21-20(18)24-22(27)29-21)12-13-23-19(26)9-5-2-6-14-28-15-16-7-3-1-4-8-16/h1,3-4,7-8,10-11,25H,2,5-6,9,12-15H2,(H,23,26)(H,24,27). The van der Waals surface area contributed by atoms with E-state index in [0.717, 1.165) is 40.9 Å². The minimum absolute atomic E-state index is 0.0347. The molecule has 0 bridgehead atoms. The number of aromatic nitrogens is 1. The maximum Gasteiger partial charge on any atom is 0.305 e. The van der Waals surface area contributed by atoms with Crippen molar-refractivity contribution in [1.82, 2.24) is 10.3 Å². The maximum atomic E-state index is 12.0. The van der Waals surface area contributed by atoms with Gasteiger partial charge in [-0.15, -0.1) is 0 Å². The van der Waals surface area contributed by atoms with Gasteiger partial charge in [-0.25, -0.2) is 0 Å². The number of phenols is 1. The van der Waals surface area contributed by atoms with Gasteiger partial charge in [0.25, 0.3) is 0 Å². The molecule has 1 amide bonds. The molecule has 0 saturated carbocycles. The highest BCUT2D eigenvalue weighted by molar-refractivity contribution is 7.16. The summed E-state index contributed by atoms with van der Waals surface area (Å²) in [5, 5.41) is 12.7. The number of phenolic OH excluding ortho intramolecular Hbond substituents is 1. The first-order valence-electron chi connectivity index (χ1n) is 9.85. The molecule has 7 heteroatoms. The van der Waals surface area contributed by atoms with Crippen LogP contribution in [0.2, 0.25) is 0 Å². The van der Waals surface area contributed by atoms with Crippen LogP contribution in [-0.4, -0.2) is 29.1 Å². The predicted octanol–water partition coefficient (Wildman–Crippen LogP) is 3.73. The Labute approximate surface area is 173 Å². The van der Waals surface area contributed by atoms with Gasteiger partial charge in [0.15, 0.2) is 0 Å². The van der Waals surface area contributed by atoms with E-state index in [2.05, 4.69) is 10.3 Å². The zero-order valence-corrected chi connectivity index (χ0v) is 17.1. The molecule has 3 aromatic rings. The Balaban J connectivity index is 1.28. The lowest BCUT2D eigenvalue weighted by Crippen LogP contribution is -2.25. The molecule has 0 aliphatic heterocycles. The number of H-pyrrole nitrogens is 1. The molecule has 0 aliphatic carbocycles. The van der Waals surface area contributed by atoms with Crippen LogP contribution in [0.15, 0.2) is 47.3 Å². The molecule has 0 spiro atoms. The smallest absolute Gasteiger partial charge is 0.305 e. The average Bonchev–Trinajstić information content (AvgIpc) is 3.12. The number of aromatic amines is 1. The molecule has 0 aliphatic rings. The van der Waals surface area contributed by atoms with E-state index < -0.39 is 0 Å².